The van der Waals surface area contributed by atoms with Crippen LogP contribution in [-0.2, 0) is 30.2 Å². The molecule has 0 radical (unpaired) electrons. The Morgan fingerprint density at radius 1 is 0.974 bits per heavy atom. The normalized spacial score (nSPS) is 11.3. The van der Waals surface area contributed by atoms with Gasteiger partial charge in [0.15, 0.2) is 0 Å². The molecule has 3 aromatic carbocycles. The van der Waals surface area contributed by atoms with Crippen LogP contribution in [0.1, 0.15) is 23.2 Å². The predicted octanol–water partition coefficient (Wildman–Crippen LogP) is 4.87. The highest BCUT2D eigenvalue weighted by atomic mass is 32.2. The molecule has 0 saturated carbocycles. The molecule has 0 bridgehead atoms. The average Bonchev–Trinajstić information content (AvgIpc) is 3.36. The Morgan fingerprint density at radius 3 is 2.51 bits per heavy atom. The lowest BCUT2D eigenvalue weighted by molar-refractivity contribution is 0.0725. The number of benzene rings is 3. The van der Waals surface area contributed by atoms with Gasteiger partial charge in [-0.25, -0.2) is 13.4 Å². The van der Waals surface area contributed by atoms with E-state index in [-0.39, 0.29) is 30.0 Å². The Bertz CT molecular complexity index is 1740. The number of amides is 1. The van der Waals surface area contributed by atoms with Crippen molar-refractivity contribution in [3.8, 4) is 5.75 Å². The summed E-state index contributed by atoms with van der Waals surface area (Å²) in [6.45, 7) is 0.511. The molecule has 0 aliphatic heterocycles. The van der Waals surface area contributed by atoms with Crippen molar-refractivity contribution < 1.29 is 19.4 Å². The summed E-state index contributed by atoms with van der Waals surface area (Å²) in [5, 5.41) is 0.690. The molecule has 5 aromatic rings. The molecule has 2 heterocycles. The Hall–Kier alpha value is -4.70. The van der Waals surface area contributed by atoms with Crippen molar-refractivity contribution in [1.29, 1.82) is 0 Å². The first kappa shape index (κ1) is 25.9. The van der Waals surface area contributed by atoms with Crippen molar-refractivity contribution >= 4 is 32.5 Å². The average molecular weight is 544 g/mol. The number of para-hydroxylation sites is 1. The third-order valence-corrected chi connectivity index (χ3v) is 7.74. The van der Waals surface area contributed by atoms with Gasteiger partial charge in [-0.3, -0.25) is 14.5 Å². The van der Waals surface area contributed by atoms with Gasteiger partial charge in [0.2, 0.25) is 0 Å². The van der Waals surface area contributed by atoms with E-state index in [0.29, 0.717) is 29.0 Å². The number of anilines is 1. The van der Waals surface area contributed by atoms with Crippen LogP contribution in [0.4, 0.5) is 5.69 Å². The van der Waals surface area contributed by atoms with E-state index in [2.05, 4.69) is 14.7 Å². The van der Waals surface area contributed by atoms with Gasteiger partial charge < -0.3 is 14.2 Å². The lowest BCUT2D eigenvalue weighted by Gasteiger charge is -2.24. The maximum Gasteiger partial charge on any atom is 0.264 e. The van der Waals surface area contributed by atoms with Crippen LogP contribution in [0.5, 0.6) is 5.75 Å². The molecule has 0 unspecified atom stereocenters. The summed E-state index contributed by atoms with van der Waals surface area (Å²) in [5.74, 6) is 0.727. The van der Waals surface area contributed by atoms with Crippen LogP contribution in [0.2, 0.25) is 0 Å². The topological polar surface area (TPSA) is 106 Å². The summed E-state index contributed by atoms with van der Waals surface area (Å²) in [5.41, 5.74) is 1.55. The van der Waals surface area contributed by atoms with Crippen LogP contribution in [0.3, 0.4) is 0 Å². The zero-order valence-electron chi connectivity index (χ0n) is 21.5. The Labute approximate surface area is 228 Å². The number of nitrogens with zero attached hydrogens (tertiary/aromatic N) is 4. The van der Waals surface area contributed by atoms with E-state index in [9.17, 15) is 13.2 Å². The number of pyridine rings is 1. The number of methoxy groups -OCH3 is 1. The van der Waals surface area contributed by atoms with E-state index < -0.39 is 10.0 Å². The van der Waals surface area contributed by atoms with Crippen molar-refractivity contribution in [2.24, 2.45) is 7.05 Å². The smallest absolute Gasteiger partial charge is 0.264 e. The number of fused-ring (bicyclic) bond motifs is 1. The number of rotatable bonds is 9. The van der Waals surface area contributed by atoms with Gasteiger partial charge in [0.1, 0.15) is 16.5 Å². The summed E-state index contributed by atoms with van der Waals surface area (Å²) in [4.78, 5) is 24.4. The molecule has 0 aliphatic rings. The maximum absolute atomic E-state index is 14.1. The van der Waals surface area contributed by atoms with Gasteiger partial charge in [0.25, 0.3) is 15.9 Å². The molecule has 2 aromatic heterocycles. The highest BCUT2D eigenvalue weighted by molar-refractivity contribution is 7.93. The Morgan fingerprint density at radius 2 is 1.77 bits per heavy atom. The zero-order valence-corrected chi connectivity index (χ0v) is 22.3. The van der Waals surface area contributed by atoms with Crippen LogP contribution in [-0.4, -0.2) is 40.9 Å². The summed E-state index contributed by atoms with van der Waals surface area (Å²) in [6, 6.07) is 22.7. The number of nitrogens with one attached hydrogen (secondary N) is 1. The number of sulfonamides is 1. The summed E-state index contributed by atoms with van der Waals surface area (Å²) in [6.07, 6.45) is 5.02. The standard InChI is InChI=1S/C29H27N5O4S.H2/c1-33-17-16-30-27(33)20-34(19-21-8-4-3-5-9-21)29(35)24-18-23(38-2)13-14-25(24)32-39(36,37)26-12-6-10-22-11-7-15-31-28(22)26;/h3-18,32H,19-20H2,1-2H3;1H. The first-order chi connectivity index (χ1) is 18.9. The molecular weight excluding hydrogens is 514 g/mol. The van der Waals surface area contributed by atoms with Gasteiger partial charge in [-0.1, -0.05) is 48.5 Å². The van der Waals surface area contributed by atoms with Crippen LogP contribution in [0, 0.1) is 0 Å². The highest BCUT2D eigenvalue weighted by Gasteiger charge is 2.25. The molecule has 39 heavy (non-hydrogen) atoms. The van der Waals surface area contributed by atoms with Gasteiger partial charge in [-0.05, 0) is 35.9 Å². The summed E-state index contributed by atoms with van der Waals surface area (Å²) >= 11 is 0. The number of imidazole rings is 1. The molecule has 0 atom stereocenters. The fourth-order valence-electron chi connectivity index (χ4n) is 4.30. The molecular formula is C29H29N5O4S. The number of carbonyl (C=O) groups is 1. The van der Waals surface area contributed by atoms with E-state index >= 15 is 0 Å². The number of hydrogen-bond acceptors (Lipinski definition) is 6. The van der Waals surface area contributed by atoms with E-state index in [1.165, 1.54) is 25.3 Å². The Balaban J connectivity index is 0.00000370. The quantitative estimate of drug-likeness (QED) is 0.284. The third kappa shape index (κ3) is 5.60. The second-order valence-electron chi connectivity index (χ2n) is 8.95. The number of aryl methyl sites for hydroxylation is 1. The second-order valence-corrected chi connectivity index (χ2v) is 10.6. The van der Waals surface area contributed by atoms with Crippen molar-refractivity contribution in [2.75, 3.05) is 11.8 Å². The molecule has 5 rings (SSSR count). The van der Waals surface area contributed by atoms with Gasteiger partial charge in [-0.2, -0.15) is 0 Å². The minimum atomic E-state index is -4.10. The third-order valence-electron chi connectivity index (χ3n) is 6.34. The highest BCUT2D eigenvalue weighted by Crippen LogP contribution is 2.29. The molecule has 0 spiro atoms. The monoisotopic (exact) mass is 543 g/mol. The van der Waals surface area contributed by atoms with Crippen molar-refractivity contribution in [3.63, 3.8) is 0 Å². The molecule has 0 saturated heterocycles. The number of carbonyl (C=O) groups excluding carboxylic acids is 1. The zero-order chi connectivity index (χ0) is 27.4. The van der Waals surface area contributed by atoms with Gasteiger partial charge in [-0.15, -0.1) is 0 Å². The van der Waals surface area contributed by atoms with Crippen LogP contribution < -0.4 is 9.46 Å². The molecule has 1 N–H and O–H groups in total. The summed E-state index contributed by atoms with van der Waals surface area (Å²) < 4.78 is 37.0. The van der Waals surface area contributed by atoms with Gasteiger partial charge in [0.05, 0.1) is 30.4 Å². The van der Waals surface area contributed by atoms with Crippen LogP contribution in [0.15, 0.2) is 102 Å². The SMILES string of the molecule is COc1ccc(NS(=O)(=O)c2cccc3cccnc23)c(C(=O)N(Cc2ccccc2)Cc2nccn2C)c1.[HH]. The predicted molar refractivity (Wildman–Crippen MR) is 151 cm³/mol. The largest absolute Gasteiger partial charge is 0.497 e. The summed E-state index contributed by atoms with van der Waals surface area (Å²) in [7, 11) is -0.748. The number of hydrogen-bond donors (Lipinski definition) is 1. The van der Waals surface area contributed by atoms with Crippen molar-refractivity contribution in [2.45, 2.75) is 18.0 Å². The minimum Gasteiger partial charge on any atom is -0.497 e. The maximum atomic E-state index is 14.1. The van der Waals surface area contributed by atoms with E-state index in [1.54, 1.807) is 47.6 Å². The molecule has 1 amide bonds. The number of ether oxygens (including phenoxy) is 1. The Kier molecular flexibility index (Phi) is 7.29. The molecule has 200 valence electrons. The first-order valence-corrected chi connectivity index (χ1v) is 13.7. The molecule has 0 aliphatic carbocycles. The lowest BCUT2D eigenvalue weighted by atomic mass is 10.1. The fraction of sp³-hybridized carbons (Fsp3) is 0.138. The van der Waals surface area contributed by atoms with Crippen LogP contribution in [0.25, 0.3) is 10.9 Å². The van der Waals surface area contributed by atoms with Gasteiger partial charge >= 0.3 is 0 Å². The first-order valence-electron chi connectivity index (χ1n) is 12.2. The fourth-order valence-corrected chi connectivity index (χ4v) is 5.56. The van der Waals surface area contributed by atoms with Crippen molar-refractivity contribution in [1.82, 2.24) is 19.4 Å². The number of aromatic nitrogens is 3. The second kappa shape index (κ2) is 11.0. The lowest BCUT2D eigenvalue weighted by Crippen LogP contribution is -2.32. The van der Waals surface area contributed by atoms with E-state index in [1.807, 2.05) is 48.1 Å². The van der Waals surface area contributed by atoms with Gasteiger partial charge in [0, 0.05) is 39.0 Å². The molecule has 10 heteroatoms. The van der Waals surface area contributed by atoms with Crippen molar-refractivity contribution in [3.05, 3.63) is 114 Å². The minimum absolute atomic E-state index is 0. The molecule has 9 nitrogen and oxygen atoms in total. The molecule has 0 fully saturated rings. The van der Waals surface area contributed by atoms with Crippen LogP contribution >= 0.6 is 0 Å². The van der Waals surface area contributed by atoms with E-state index in [0.717, 1.165) is 5.56 Å². The van der Waals surface area contributed by atoms with E-state index in [4.69, 9.17) is 4.74 Å².